The van der Waals surface area contributed by atoms with Crippen molar-refractivity contribution in [2.24, 2.45) is 0 Å². The summed E-state index contributed by atoms with van der Waals surface area (Å²) in [6.07, 6.45) is 0. The van der Waals surface area contributed by atoms with Crippen LogP contribution >= 0.6 is 0 Å². The molecule has 0 bridgehead atoms. The Labute approximate surface area is 135 Å². The highest BCUT2D eigenvalue weighted by Crippen LogP contribution is 2.20. The van der Waals surface area contributed by atoms with E-state index in [-0.39, 0.29) is 5.56 Å². The Balaban J connectivity index is 1.89. The van der Waals surface area contributed by atoms with Gasteiger partial charge in [0.2, 0.25) is 0 Å². The van der Waals surface area contributed by atoms with Gasteiger partial charge in [-0.3, -0.25) is 4.79 Å². The van der Waals surface area contributed by atoms with Gasteiger partial charge in [0, 0.05) is 28.7 Å². The maximum Gasteiger partial charge on any atom is 0.253 e. The number of hydrogen-bond acceptors (Lipinski definition) is 3. The SMILES string of the molecule is CCOc1ccc2[nH]c(=O)c(CNc3ccccc3C)cc2c1. The van der Waals surface area contributed by atoms with Gasteiger partial charge >= 0.3 is 0 Å². The highest BCUT2D eigenvalue weighted by molar-refractivity contribution is 5.80. The third-order valence-corrected chi connectivity index (χ3v) is 3.82. The molecule has 4 nitrogen and oxygen atoms in total. The van der Waals surface area contributed by atoms with Crippen LogP contribution in [-0.4, -0.2) is 11.6 Å². The van der Waals surface area contributed by atoms with Crippen LogP contribution in [0.25, 0.3) is 10.9 Å². The van der Waals surface area contributed by atoms with Crippen LogP contribution in [0.2, 0.25) is 0 Å². The molecule has 0 radical (unpaired) electrons. The minimum absolute atomic E-state index is 0.0669. The van der Waals surface area contributed by atoms with Gasteiger partial charge in [0.05, 0.1) is 6.61 Å². The Kier molecular flexibility index (Phi) is 4.33. The zero-order valence-electron chi connectivity index (χ0n) is 13.3. The van der Waals surface area contributed by atoms with Crippen molar-refractivity contribution in [3.63, 3.8) is 0 Å². The number of fused-ring (bicyclic) bond motifs is 1. The summed E-state index contributed by atoms with van der Waals surface area (Å²) in [5.74, 6) is 0.810. The highest BCUT2D eigenvalue weighted by atomic mass is 16.5. The minimum Gasteiger partial charge on any atom is -0.494 e. The second-order valence-electron chi connectivity index (χ2n) is 5.47. The number of aromatic amines is 1. The van der Waals surface area contributed by atoms with E-state index in [2.05, 4.69) is 10.3 Å². The van der Waals surface area contributed by atoms with Crippen LogP contribution in [0.1, 0.15) is 18.1 Å². The van der Waals surface area contributed by atoms with Crippen molar-refractivity contribution in [3.8, 4) is 5.75 Å². The van der Waals surface area contributed by atoms with Crippen LogP contribution in [0.3, 0.4) is 0 Å². The number of benzene rings is 2. The van der Waals surface area contributed by atoms with E-state index in [1.165, 1.54) is 0 Å². The van der Waals surface area contributed by atoms with Gasteiger partial charge in [0.25, 0.3) is 5.56 Å². The van der Waals surface area contributed by atoms with E-state index in [1.54, 1.807) is 0 Å². The number of rotatable bonds is 5. The van der Waals surface area contributed by atoms with E-state index in [9.17, 15) is 4.79 Å². The lowest BCUT2D eigenvalue weighted by atomic mass is 10.1. The van der Waals surface area contributed by atoms with Gasteiger partial charge in [0.1, 0.15) is 5.75 Å². The lowest BCUT2D eigenvalue weighted by Gasteiger charge is -2.10. The predicted molar refractivity (Wildman–Crippen MR) is 94.2 cm³/mol. The topological polar surface area (TPSA) is 54.1 Å². The fourth-order valence-corrected chi connectivity index (χ4v) is 2.58. The summed E-state index contributed by atoms with van der Waals surface area (Å²) in [7, 11) is 0. The first kappa shape index (κ1) is 15.2. The first-order valence-corrected chi connectivity index (χ1v) is 7.75. The van der Waals surface area contributed by atoms with Gasteiger partial charge in [-0.1, -0.05) is 18.2 Å². The molecule has 0 amide bonds. The normalized spacial score (nSPS) is 10.7. The predicted octanol–water partition coefficient (Wildman–Crippen LogP) is 3.85. The quantitative estimate of drug-likeness (QED) is 0.753. The number of pyridine rings is 1. The Morgan fingerprint density at radius 1 is 1.13 bits per heavy atom. The van der Waals surface area contributed by atoms with E-state index in [0.717, 1.165) is 27.9 Å². The number of aryl methyl sites for hydroxylation is 1. The van der Waals surface area contributed by atoms with Crippen LogP contribution in [-0.2, 0) is 6.54 Å². The Morgan fingerprint density at radius 3 is 2.74 bits per heavy atom. The van der Waals surface area contributed by atoms with Crippen LogP contribution in [0.4, 0.5) is 5.69 Å². The number of hydrogen-bond donors (Lipinski definition) is 2. The maximum absolute atomic E-state index is 12.2. The molecule has 0 aliphatic rings. The molecular formula is C19H20N2O2. The third-order valence-electron chi connectivity index (χ3n) is 3.82. The first-order valence-electron chi connectivity index (χ1n) is 7.75. The molecule has 0 unspecified atom stereocenters. The molecule has 0 spiro atoms. The number of nitrogens with one attached hydrogen (secondary N) is 2. The molecule has 0 atom stereocenters. The van der Waals surface area contributed by atoms with Crippen molar-refractivity contribution in [1.29, 1.82) is 0 Å². The van der Waals surface area contributed by atoms with E-state index >= 15 is 0 Å². The van der Waals surface area contributed by atoms with Crippen LogP contribution in [0, 0.1) is 6.92 Å². The standard InChI is InChI=1S/C19H20N2O2/c1-3-23-16-8-9-18-14(11-16)10-15(19(22)21-18)12-20-17-7-5-4-6-13(17)2/h4-11,20H,3,12H2,1-2H3,(H,21,22). The molecule has 0 fully saturated rings. The average Bonchev–Trinajstić information content (AvgIpc) is 2.55. The summed E-state index contributed by atoms with van der Waals surface area (Å²) < 4.78 is 5.52. The Hall–Kier alpha value is -2.75. The second kappa shape index (κ2) is 6.57. The van der Waals surface area contributed by atoms with Crippen molar-refractivity contribution in [2.75, 3.05) is 11.9 Å². The Morgan fingerprint density at radius 2 is 1.96 bits per heavy atom. The number of para-hydroxylation sites is 1. The smallest absolute Gasteiger partial charge is 0.253 e. The monoisotopic (exact) mass is 308 g/mol. The molecule has 1 aromatic heterocycles. The van der Waals surface area contributed by atoms with E-state index < -0.39 is 0 Å². The lowest BCUT2D eigenvalue weighted by molar-refractivity contribution is 0.340. The van der Waals surface area contributed by atoms with E-state index in [4.69, 9.17) is 4.74 Å². The van der Waals surface area contributed by atoms with Crippen LogP contribution in [0.15, 0.2) is 53.3 Å². The summed E-state index contributed by atoms with van der Waals surface area (Å²) in [6, 6.07) is 15.6. The van der Waals surface area contributed by atoms with Gasteiger partial charge in [-0.25, -0.2) is 0 Å². The van der Waals surface area contributed by atoms with Crippen LogP contribution < -0.4 is 15.6 Å². The fourth-order valence-electron chi connectivity index (χ4n) is 2.58. The zero-order valence-corrected chi connectivity index (χ0v) is 13.3. The molecular weight excluding hydrogens is 288 g/mol. The molecule has 2 aromatic carbocycles. The van der Waals surface area contributed by atoms with Gasteiger partial charge in [-0.05, 0) is 49.7 Å². The van der Waals surface area contributed by atoms with Crippen molar-refractivity contribution in [3.05, 3.63) is 70.0 Å². The largest absolute Gasteiger partial charge is 0.494 e. The summed E-state index contributed by atoms with van der Waals surface area (Å²) >= 11 is 0. The zero-order chi connectivity index (χ0) is 16.2. The van der Waals surface area contributed by atoms with Gasteiger partial charge < -0.3 is 15.0 Å². The third kappa shape index (κ3) is 3.37. The number of anilines is 1. The van der Waals surface area contributed by atoms with E-state index in [1.807, 2.05) is 62.4 Å². The van der Waals surface area contributed by atoms with Crippen LogP contribution in [0.5, 0.6) is 5.75 Å². The summed E-state index contributed by atoms with van der Waals surface area (Å²) in [5, 5.41) is 4.29. The number of H-pyrrole nitrogens is 1. The second-order valence-corrected chi connectivity index (χ2v) is 5.47. The van der Waals surface area contributed by atoms with Gasteiger partial charge in [0.15, 0.2) is 0 Å². The van der Waals surface area contributed by atoms with E-state index in [0.29, 0.717) is 18.7 Å². The molecule has 3 rings (SSSR count). The van der Waals surface area contributed by atoms with Crippen molar-refractivity contribution < 1.29 is 4.74 Å². The lowest BCUT2D eigenvalue weighted by Crippen LogP contribution is -2.15. The number of ether oxygens (including phenoxy) is 1. The molecule has 0 saturated carbocycles. The molecule has 118 valence electrons. The molecule has 0 aliphatic heterocycles. The molecule has 1 heterocycles. The molecule has 0 aliphatic carbocycles. The molecule has 2 N–H and O–H groups in total. The summed E-state index contributed by atoms with van der Waals surface area (Å²) in [6.45, 7) is 5.10. The van der Waals surface area contributed by atoms with Gasteiger partial charge in [-0.2, -0.15) is 0 Å². The highest BCUT2D eigenvalue weighted by Gasteiger charge is 2.05. The Bertz CT molecular complexity index is 884. The van der Waals surface area contributed by atoms with Crippen molar-refractivity contribution in [1.82, 2.24) is 4.98 Å². The summed E-state index contributed by atoms with van der Waals surface area (Å²) in [4.78, 5) is 15.2. The molecule has 23 heavy (non-hydrogen) atoms. The van der Waals surface area contributed by atoms with Crippen molar-refractivity contribution >= 4 is 16.6 Å². The molecule has 3 aromatic rings. The fraction of sp³-hybridized carbons (Fsp3) is 0.211. The van der Waals surface area contributed by atoms with Gasteiger partial charge in [-0.15, -0.1) is 0 Å². The molecule has 4 heteroatoms. The summed E-state index contributed by atoms with van der Waals surface area (Å²) in [5.41, 5.74) is 3.65. The minimum atomic E-state index is -0.0669. The average molecular weight is 308 g/mol. The first-order chi connectivity index (χ1) is 11.2. The number of aromatic nitrogens is 1. The molecule has 0 saturated heterocycles. The maximum atomic E-state index is 12.2. The van der Waals surface area contributed by atoms with Crippen molar-refractivity contribution in [2.45, 2.75) is 20.4 Å².